The number of fused-ring (bicyclic) bond motifs is 1. The molecule has 44 heavy (non-hydrogen) atoms. The van der Waals surface area contributed by atoms with Crippen LogP contribution in [0.5, 0.6) is 0 Å². The molecule has 0 radical (unpaired) electrons. The highest BCUT2D eigenvalue weighted by Gasteiger charge is 2.54. The highest BCUT2D eigenvalue weighted by atomic mass is 32.2. The summed E-state index contributed by atoms with van der Waals surface area (Å²) in [6.45, 7) is 7.11. The van der Waals surface area contributed by atoms with Gasteiger partial charge in [-0.1, -0.05) is 13.0 Å². The maximum absolute atomic E-state index is 13.1. The van der Waals surface area contributed by atoms with Crippen molar-refractivity contribution in [3.05, 3.63) is 28.4 Å². The van der Waals surface area contributed by atoms with Crippen molar-refractivity contribution in [2.24, 2.45) is 11.1 Å². The number of carbonyl (C=O) groups excluding carboxylic acids is 5. The van der Waals surface area contributed by atoms with Gasteiger partial charge >= 0.3 is 18.0 Å². The summed E-state index contributed by atoms with van der Waals surface area (Å²) in [5.41, 5.74) is 10.7. The molecule has 2 atom stereocenters. The molecule has 2 aliphatic heterocycles. The molecule has 0 bridgehead atoms. The fourth-order valence-corrected chi connectivity index (χ4v) is 5.40. The third-order valence-corrected chi connectivity index (χ3v) is 8.47. The summed E-state index contributed by atoms with van der Waals surface area (Å²) >= 11 is 2.45. The van der Waals surface area contributed by atoms with Crippen LogP contribution < -0.4 is 16.8 Å². The number of esters is 2. The fourth-order valence-electron chi connectivity index (χ4n) is 3.51. The van der Waals surface area contributed by atoms with Crippen molar-refractivity contribution in [2.75, 3.05) is 30.6 Å². The highest BCUT2D eigenvalue weighted by Crippen LogP contribution is 2.41. The SMILES string of the molecule is CC/C=C(/C(=O)NC1C(=O)N2C(C(=O)OCOC(=O)C(C)(C)C)=C(COC(N)=O)CSC12)c1csc(N)n1.CCS(=O)(=O)O. The fraction of sp³-hybridized carbons (Fsp3) is 0.520. The lowest BCUT2D eigenvalue weighted by atomic mass is 9.98. The molecule has 1 fully saturated rings. The van der Waals surface area contributed by atoms with Gasteiger partial charge in [-0.2, -0.15) is 8.42 Å². The van der Waals surface area contributed by atoms with Gasteiger partial charge in [-0.25, -0.2) is 14.6 Å². The Hall–Kier alpha value is -3.68. The summed E-state index contributed by atoms with van der Waals surface area (Å²) in [4.78, 5) is 67.6. The Balaban J connectivity index is 0.00000102. The van der Waals surface area contributed by atoms with Crippen LogP contribution in [-0.4, -0.2) is 89.0 Å². The van der Waals surface area contributed by atoms with Crippen molar-refractivity contribution in [3.63, 3.8) is 0 Å². The number of primary amides is 1. The van der Waals surface area contributed by atoms with Crippen molar-refractivity contribution in [3.8, 4) is 0 Å². The van der Waals surface area contributed by atoms with E-state index >= 15 is 0 Å². The number of carbonyl (C=O) groups is 5. The van der Waals surface area contributed by atoms with Crippen molar-refractivity contribution in [2.45, 2.75) is 52.5 Å². The van der Waals surface area contributed by atoms with Gasteiger partial charge in [0.25, 0.3) is 21.9 Å². The number of ether oxygens (including phenoxy) is 3. The summed E-state index contributed by atoms with van der Waals surface area (Å²) in [7, 11) is -3.66. The van der Waals surface area contributed by atoms with E-state index in [1.54, 1.807) is 32.2 Å². The Morgan fingerprint density at radius 1 is 1.20 bits per heavy atom. The Kier molecular flexibility index (Phi) is 12.7. The number of nitrogen functional groups attached to an aromatic ring is 1. The van der Waals surface area contributed by atoms with Gasteiger partial charge in [0, 0.05) is 16.7 Å². The van der Waals surface area contributed by atoms with Gasteiger partial charge in [0.1, 0.15) is 23.7 Å². The number of rotatable bonds is 10. The van der Waals surface area contributed by atoms with Gasteiger partial charge in [0.2, 0.25) is 6.79 Å². The first-order chi connectivity index (χ1) is 20.4. The largest absolute Gasteiger partial charge is 0.445 e. The molecule has 0 spiro atoms. The molecule has 19 heteroatoms. The Labute approximate surface area is 262 Å². The minimum Gasteiger partial charge on any atom is -0.445 e. The van der Waals surface area contributed by atoms with E-state index in [0.717, 1.165) is 4.90 Å². The lowest BCUT2D eigenvalue weighted by Gasteiger charge is -2.49. The topological polar surface area (TPSA) is 248 Å². The van der Waals surface area contributed by atoms with E-state index in [9.17, 15) is 32.4 Å². The minimum absolute atomic E-state index is 0.158. The maximum atomic E-state index is 13.1. The summed E-state index contributed by atoms with van der Waals surface area (Å²) in [6, 6.07) is -0.941. The van der Waals surface area contributed by atoms with Crippen LogP contribution in [0.4, 0.5) is 9.93 Å². The Bertz CT molecular complexity index is 1450. The number of β-lactam (4-membered cyclic amide) rings is 1. The smallest absolute Gasteiger partial charge is 0.404 e. The molecule has 3 heterocycles. The molecule has 0 aliphatic carbocycles. The van der Waals surface area contributed by atoms with Gasteiger partial charge in [-0.3, -0.25) is 23.8 Å². The molecule has 0 saturated carbocycles. The number of nitrogens with zero attached hydrogens (tertiary/aromatic N) is 2. The molecular formula is C25H35N5O11S3. The monoisotopic (exact) mass is 677 g/mol. The zero-order valence-electron chi connectivity index (χ0n) is 24.6. The first-order valence-corrected chi connectivity index (χ1v) is 16.6. The van der Waals surface area contributed by atoms with Gasteiger partial charge < -0.3 is 31.0 Å². The predicted molar refractivity (Wildman–Crippen MR) is 161 cm³/mol. The summed E-state index contributed by atoms with van der Waals surface area (Å²) in [6.07, 6.45) is 1.17. The molecule has 16 nitrogen and oxygen atoms in total. The third kappa shape index (κ3) is 9.93. The number of nitrogens with one attached hydrogen (secondary N) is 1. The molecule has 6 N–H and O–H groups in total. The lowest BCUT2D eigenvalue weighted by Crippen LogP contribution is -2.70. The Morgan fingerprint density at radius 3 is 2.34 bits per heavy atom. The first kappa shape index (κ1) is 36.5. The minimum atomic E-state index is -3.66. The van der Waals surface area contributed by atoms with Crippen LogP contribution in [0.15, 0.2) is 22.7 Å². The molecule has 3 amide bonds. The summed E-state index contributed by atoms with van der Waals surface area (Å²) in [5.74, 6) is -2.65. The molecule has 3 rings (SSSR count). The molecule has 1 aromatic heterocycles. The van der Waals surface area contributed by atoms with Gasteiger partial charge in [-0.15, -0.1) is 23.1 Å². The maximum Gasteiger partial charge on any atom is 0.404 e. The zero-order valence-corrected chi connectivity index (χ0v) is 27.1. The predicted octanol–water partition coefficient (Wildman–Crippen LogP) is 1.25. The molecule has 1 saturated heterocycles. The number of thioether (sulfide) groups is 1. The van der Waals surface area contributed by atoms with Crippen molar-refractivity contribution in [1.29, 1.82) is 0 Å². The van der Waals surface area contributed by atoms with E-state index in [-0.39, 0.29) is 35.0 Å². The Morgan fingerprint density at radius 2 is 1.84 bits per heavy atom. The van der Waals surface area contributed by atoms with Crippen molar-refractivity contribution < 1.29 is 51.2 Å². The van der Waals surface area contributed by atoms with E-state index in [1.807, 2.05) is 6.92 Å². The number of nitrogens with two attached hydrogens (primary N) is 2. The molecular weight excluding hydrogens is 643 g/mol. The number of thiazole rings is 1. The van der Waals surface area contributed by atoms with Crippen LogP contribution in [0.25, 0.3) is 5.57 Å². The van der Waals surface area contributed by atoms with Crippen LogP contribution in [0.3, 0.4) is 0 Å². The number of hydrogen-bond donors (Lipinski definition) is 4. The van der Waals surface area contributed by atoms with Crippen LogP contribution >= 0.6 is 23.1 Å². The number of anilines is 1. The lowest BCUT2D eigenvalue weighted by molar-refractivity contribution is -0.173. The second-order valence-corrected chi connectivity index (χ2v) is 13.9. The van der Waals surface area contributed by atoms with Crippen molar-refractivity contribution >= 4 is 73.8 Å². The van der Waals surface area contributed by atoms with Crippen LogP contribution in [0.2, 0.25) is 0 Å². The summed E-state index contributed by atoms with van der Waals surface area (Å²) < 4.78 is 41.8. The van der Waals surface area contributed by atoms with E-state index < -0.39 is 63.6 Å². The number of aromatic nitrogens is 1. The average molecular weight is 678 g/mol. The molecule has 244 valence electrons. The normalized spacial score (nSPS) is 18.3. The van der Waals surface area contributed by atoms with Crippen LogP contribution in [0, 0.1) is 5.41 Å². The average Bonchev–Trinajstić information content (AvgIpc) is 3.37. The van der Waals surface area contributed by atoms with Crippen molar-refractivity contribution in [1.82, 2.24) is 15.2 Å². The van der Waals surface area contributed by atoms with Gasteiger partial charge in [-0.05, 0) is 34.1 Å². The van der Waals surface area contributed by atoms with E-state index in [0.29, 0.717) is 17.2 Å². The molecule has 0 aromatic carbocycles. The second-order valence-electron chi connectivity index (χ2n) is 10.1. The first-order valence-electron chi connectivity index (χ1n) is 13.0. The number of allylic oxidation sites excluding steroid dienone is 1. The number of amides is 3. The third-order valence-electron chi connectivity index (χ3n) is 5.72. The van der Waals surface area contributed by atoms with E-state index in [2.05, 4.69) is 10.3 Å². The van der Waals surface area contributed by atoms with E-state index in [4.69, 9.17) is 30.2 Å². The summed E-state index contributed by atoms with van der Waals surface area (Å²) in [5, 5.41) is 4.03. The molecule has 2 aliphatic rings. The van der Waals surface area contributed by atoms with Gasteiger partial charge in [0.05, 0.1) is 22.4 Å². The quantitative estimate of drug-likeness (QED) is 0.0895. The highest BCUT2D eigenvalue weighted by molar-refractivity contribution is 8.00. The van der Waals surface area contributed by atoms with Crippen LogP contribution in [-0.2, 0) is 43.5 Å². The zero-order chi connectivity index (χ0) is 33.4. The van der Waals surface area contributed by atoms with E-state index in [1.165, 1.54) is 30.0 Å². The van der Waals surface area contributed by atoms with Crippen LogP contribution in [0.1, 0.15) is 46.7 Å². The molecule has 1 aromatic rings. The standard InChI is InChI=1S/C23H29N5O8S2.C2H6O3S/c1-5-6-12(13-9-38-21(24)26-13)16(29)27-14-17(30)28-15(11(7-34-22(25)33)8-37-18(14)28)19(31)35-10-36-20(32)23(2,3)4;1-2-6(3,4)5/h6,9,14,18H,5,7-8,10H2,1-4H3,(H2,24,26)(H2,25,33)(H,27,29);2H2,1H3,(H,3,4,5)/b12-6+;. The second kappa shape index (κ2) is 15.4. The number of hydrogen-bond acceptors (Lipinski definition) is 14. The molecule has 2 unspecified atom stereocenters. The van der Waals surface area contributed by atoms with Gasteiger partial charge in [0.15, 0.2) is 5.13 Å².